The molecular formula is C17H28FIN4. The van der Waals surface area contributed by atoms with Crippen molar-refractivity contribution in [1.29, 1.82) is 0 Å². The molecule has 1 saturated heterocycles. The van der Waals surface area contributed by atoms with Crippen LogP contribution in [-0.2, 0) is 6.54 Å². The molecule has 0 spiro atoms. The summed E-state index contributed by atoms with van der Waals surface area (Å²) in [6.45, 7) is 7.69. The molecule has 0 aromatic heterocycles. The summed E-state index contributed by atoms with van der Waals surface area (Å²) in [5.41, 5.74) is 0.883. The molecule has 0 saturated carbocycles. The van der Waals surface area contributed by atoms with Crippen LogP contribution in [0.3, 0.4) is 0 Å². The monoisotopic (exact) mass is 434 g/mol. The Kier molecular flexibility index (Phi) is 10.2. The van der Waals surface area contributed by atoms with E-state index >= 15 is 0 Å². The summed E-state index contributed by atoms with van der Waals surface area (Å²) in [4.78, 5) is 7.01. The van der Waals surface area contributed by atoms with Crippen LogP contribution in [0.2, 0.25) is 0 Å². The van der Waals surface area contributed by atoms with Crippen molar-refractivity contribution >= 4 is 29.9 Å². The van der Waals surface area contributed by atoms with E-state index in [-0.39, 0.29) is 29.8 Å². The van der Waals surface area contributed by atoms with Gasteiger partial charge < -0.3 is 15.5 Å². The maximum atomic E-state index is 13.2. The number of nitrogens with zero attached hydrogens (tertiary/aromatic N) is 2. The van der Waals surface area contributed by atoms with Gasteiger partial charge >= 0.3 is 0 Å². The number of rotatable bonds is 6. The number of benzene rings is 1. The molecule has 1 aliphatic heterocycles. The third-order valence-corrected chi connectivity index (χ3v) is 3.82. The Balaban J connectivity index is 0.00000264. The fourth-order valence-electron chi connectivity index (χ4n) is 2.66. The lowest BCUT2D eigenvalue weighted by molar-refractivity contribution is 0.232. The van der Waals surface area contributed by atoms with Crippen LogP contribution in [0.4, 0.5) is 4.39 Å². The van der Waals surface area contributed by atoms with Gasteiger partial charge in [-0.15, -0.1) is 24.0 Å². The van der Waals surface area contributed by atoms with Gasteiger partial charge in [-0.05, 0) is 50.6 Å². The first kappa shape index (κ1) is 20.2. The van der Waals surface area contributed by atoms with Crippen LogP contribution in [0, 0.1) is 5.82 Å². The van der Waals surface area contributed by atoms with Gasteiger partial charge in [-0.3, -0.25) is 0 Å². The number of aliphatic imine (C=N–C) groups is 1. The van der Waals surface area contributed by atoms with Crippen LogP contribution >= 0.6 is 24.0 Å². The summed E-state index contributed by atoms with van der Waals surface area (Å²) in [6, 6.07) is 6.59. The highest BCUT2D eigenvalue weighted by Gasteiger charge is 2.09. The number of nitrogens with one attached hydrogen (secondary N) is 2. The molecule has 0 radical (unpaired) electrons. The Morgan fingerprint density at radius 1 is 1.22 bits per heavy atom. The Labute approximate surface area is 156 Å². The molecule has 23 heavy (non-hydrogen) atoms. The van der Waals surface area contributed by atoms with E-state index in [0.29, 0.717) is 6.54 Å². The topological polar surface area (TPSA) is 39.7 Å². The van der Waals surface area contributed by atoms with E-state index in [4.69, 9.17) is 0 Å². The summed E-state index contributed by atoms with van der Waals surface area (Å²) in [5, 5.41) is 6.59. The molecule has 0 atom stereocenters. The van der Waals surface area contributed by atoms with E-state index in [1.807, 2.05) is 13.0 Å². The standard InChI is InChI=1S/C17H27FN4.HI/c1-2-19-17(20-9-12-22-10-4-3-5-11-22)21-14-15-7-6-8-16(18)13-15;/h6-8,13H,2-5,9-12,14H2,1H3,(H2,19,20,21);1H. The SMILES string of the molecule is CCNC(=NCc1cccc(F)c1)NCCN1CCCCC1.I. The summed E-state index contributed by atoms with van der Waals surface area (Å²) in [5.74, 6) is 0.583. The van der Waals surface area contributed by atoms with Crippen molar-refractivity contribution in [2.75, 3.05) is 32.7 Å². The van der Waals surface area contributed by atoms with E-state index in [1.54, 1.807) is 6.07 Å². The molecule has 6 heteroatoms. The number of guanidine groups is 1. The van der Waals surface area contributed by atoms with Crippen molar-refractivity contribution in [3.05, 3.63) is 35.6 Å². The van der Waals surface area contributed by atoms with Crippen molar-refractivity contribution in [2.45, 2.75) is 32.7 Å². The average molecular weight is 434 g/mol. The second-order valence-corrected chi connectivity index (χ2v) is 5.65. The van der Waals surface area contributed by atoms with Crippen molar-refractivity contribution in [3.63, 3.8) is 0 Å². The Morgan fingerprint density at radius 2 is 2.00 bits per heavy atom. The fourth-order valence-corrected chi connectivity index (χ4v) is 2.66. The molecule has 4 nitrogen and oxygen atoms in total. The maximum absolute atomic E-state index is 13.2. The van der Waals surface area contributed by atoms with Gasteiger partial charge in [0.2, 0.25) is 0 Å². The van der Waals surface area contributed by atoms with Crippen LogP contribution in [-0.4, -0.2) is 43.6 Å². The largest absolute Gasteiger partial charge is 0.357 e. The van der Waals surface area contributed by atoms with E-state index < -0.39 is 0 Å². The molecule has 130 valence electrons. The number of piperidine rings is 1. The smallest absolute Gasteiger partial charge is 0.191 e. The highest BCUT2D eigenvalue weighted by atomic mass is 127. The van der Waals surface area contributed by atoms with E-state index in [2.05, 4.69) is 20.5 Å². The second-order valence-electron chi connectivity index (χ2n) is 5.65. The average Bonchev–Trinajstić information content (AvgIpc) is 2.54. The van der Waals surface area contributed by atoms with Gasteiger partial charge in [0.15, 0.2) is 5.96 Å². The quantitative estimate of drug-likeness (QED) is 0.411. The van der Waals surface area contributed by atoms with Crippen LogP contribution in [0.15, 0.2) is 29.3 Å². The number of likely N-dealkylation sites (tertiary alicyclic amines) is 1. The van der Waals surface area contributed by atoms with Crippen LogP contribution in [0.25, 0.3) is 0 Å². The molecule has 1 aromatic carbocycles. The normalized spacial score (nSPS) is 15.8. The zero-order chi connectivity index (χ0) is 15.6. The summed E-state index contributed by atoms with van der Waals surface area (Å²) < 4.78 is 13.2. The first-order valence-electron chi connectivity index (χ1n) is 8.27. The van der Waals surface area contributed by atoms with E-state index in [9.17, 15) is 4.39 Å². The summed E-state index contributed by atoms with van der Waals surface area (Å²) in [7, 11) is 0. The number of hydrogen-bond donors (Lipinski definition) is 2. The molecule has 0 bridgehead atoms. The van der Waals surface area contributed by atoms with Gasteiger partial charge in [-0.1, -0.05) is 18.6 Å². The van der Waals surface area contributed by atoms with E-state index in [1.165, 1.54) is 44.5 Å². The van der Waals surface area contributed by atoms with Crippen LogP contribution in [0.1, 0.15) is 31.7 Å². The minimum absolute atomic E-state index is 0. The molecule has 1 aromatic rings. The third kappa shape index (κ3) is 7.97. The molecule has 1 heterocycles. The zero-order valence-electron chi connectivity index (χ0n) is 13.9. The number of halogens is 2. The first-order chi connectivity index (χ1) is 10.8. The van der Waals surface area contributed by atoms with Crippen LogP contribution < -0.4 is 10.6 Å². The molecule has 1 aliphatic rings. The third-order valence-electron chi connectivity index (χ3n) is 3.82. The molecule has 0 aliphatic carbocycles. The predicted octanol–water partition coefficient (Wildman–Crippen LogP) is 2.98. The van der Waals surface area contributed by atoms with Crippen molar-refractivity contribution in [2.24, 2.45) is 4.99 Å². The van der Waals surface area contributed by atoms with Gasteiger partial charge in [0.1, 0.15) is 5.82 Å². The van der Waals surface area contributed by atoms with Crippen molar-refractivity contribution in [1.82, 2.24) is 15.5 Å². The van der Waals surface area contributed by atoms with Gasteiger partial charge in [-0.25, -0.2) is 9.38 Å². The van der Waals surface area contributed by atoms with E-state index in [0.717, 1.165) is 31.2 Å². The van der Waals surface area contributed by atoms with Gasteiger partial charge in [-0.2, -0.15) is 0 Å². The zero-order valence-corrected chi connectivity index (χ0v) is 16.2. The summed E-state index contributed by atoms with van der Waals surface area (Å²) >= 11 is 0. The molecule has 0 amide bonds. The Morgan fingerprint density at radius 3 is 2.70 bits per heavy atom. The first-order valence-corrected chi connectivity index (χ1v) is 8.27. The second kappa shape index (κ2) is 11.6. The molecule has 2 rings (SSSR count). The maximum Gasteiger partial charge on any atom is 0.191 e. The minimum atomic E-state index is -0.212. The molecule has 2 N–H and O–H groups in total. The summed E-state index contributed by atoms with van der Waals surface area (Å²) in [6.07, 6.45) is 3.99. The fraction of sp³-hybridized carbons (Fsp3) is 0.588. The Hall–Kier alpha value is -0.890. The predicted molar refractivity (Wildman–Crippen MR) is 105 cm³/mol. The van der Waals surface area contributed by atoms with Gasteiger partial charge in [0.25, 0.3) is 0 Å². The Bertz CT molecular complexity index is 475. The lowest BCUT2D eigenvalue weighted by atomic mass is 10.1. The van der Waals surface area contributed by atoms with Crippen molar-refractivity contribution < 1.29 is 4.39 Å². The minimum Gasteiger partial charge on any atom is -0.357 e. The molecule has 1 fully saturated rings. The highest BCUT2D eigenvalue weighted by Crippen LogP contribution is 2.07. The highest BCUT2D eigenvalue weighted by molar-refractivity contribution is 14.0. The molecule has 0 unspecified atom stereocenters. The molecular weight excluding hydrogens is 406 g/mol. The van der Waals surface area contributed by atoms with Crippen molar-refractivity contribution in [3.8, 4) is 0 Å². The number of hydrogen-bond acceptors (Lipinski definition) is 2. The lowest BCUT2D eigenvalue weighted by Gasteiger charge is -2.26. The lowest BCUT2D eigenvalue weighted by Crippen LogP contribution is -2.42. The van der Waals surface area contributed by atoms with Gasteiger partial charge in [0, 0.05) is 19.6 Å². The van der Waals surface area contributed by atoms with Crippen LogP contribution in [0.5, 0.6) is 0 Å². The van der Waals surface area contributed by atoms with Gasteiger partial charge in [0.05, 0.1) is 6.54 Å².